The lowest BCUT2D eigenvalue weighted by Gasteiger charge is -2.11. The fraction of sp³-hybridized carbons (Fsp3) is 0.579. The van der Waals surface area contributed by atoms with Crippen LogP contribution in [0.2, 0.25) is 0 Å². The summed E-state index contributed by atoms with van der Waals surface area (Å²) in [5, 5.41) is 2.91. The Balaban J connectivity index is 2.03. The Labute approximate surface area is 133 Å². The highest BCUT2D eigenvalue weighted by molar-refractivity contribution is 6.04. The van der Waals surface area contributed by atoms with Crippen molar-refractivity contribution in [1.82, 2.24) is 0 Å². The molecule has 120 valence electrons. The zero-order valence-corrected chi connectivity index (χ0v) is 13.4. The summed E-state index contributed by atoms with van der Waals surface area (Å²) in [5.41, 5.74) is 1.33. The lowest BCUT2D eigenvalue weighted by Crippen LogP contribution is -2.14. The van der Waals surface area contributed by atoms with Gasteiger partial charge in [-0.1, -0.05) is 57.1 Å². The minimum absolute atomic E-state index is 0.0207. The van der Waals surface area contributed by atoms with E-state index in [0.717, 1.165) is 25.7 Å². The molecule has 0 spiro atoms. The van der Waals surface area contributed by atoms with Crippen molar-refractivity contribution in [2.24, 2.45) is 0 Å². The van der Waals surface area contributed by atoms with Crippen molar-refractivity contribution in [3.8, 4) is 0 Å². The number of ketones is 1. The van der Waals surface area contributed by atoms with E-state index in [-0.39, 0.29) is 11.7 Å². The second-order valence-corrected chi connectivity index (χ2v) is 6.20. The molecule has 1 heterocycles. The maximum Gasteiger partial charge on any atom is 0.224 e. The number of hydrogen-bond acceptors (Lipinski definition) is 2. The zero-order valence-electron chi connectivity index (χ0n) is 13.4. The smallest absolute Gasteiger partial charge is 0.224 e. The zero-order chi connectivity index (χ0) is 15.6. The molecule has 3 nitrogen and oxygen atoms in total. The molecule has 0 radical (unpaired) electrons. The van der Waals surface area contributed by atoms with Crippen molar-refractivity contribution in [2.45, 2.75) is 70.6 Å². The predicted octanol–water partition coefficient (Wildman–Crippen LogP) is 5.11. The van der Waals surface area contributed by atoms with Gasteiger partial charge in [-0.15, -0.1) is 0 Å². The standard InChI is InChI=1S/C19H27NO2/c21-18-14-8-6-4-2-1-3-5-7-9-15-19(22)20-17-13-11-10-12-16(17)18/h10-13H,1-9,14-15H2,(H,20,22). The highest BCUT2D eigenvalue weighted by atomic mass is 16.1. The Morgan fingerprint density at radius 1 is 0.682 bits per heavy atom. The molecule has 1 aliphatic heterocycles. The second kappa shape index (κ2) is 9.39. The quantitative estimate of drug-likeness (QED) is 0.723. The molecule has 0 aromatic heterocycles. The number of rotatable bonds is 0. The van der Waals surface area contributed by atoms with Crippen LogP contribution in [0, 0.1) is 0 Å². The second-order valence-electron chi connectivity index (χ2n) is 6.20. The van der Waals surface area contributed by atoms with E-state index < -0.39 is 0 Å². The number of carbonyl (C=O) groups is 2. The van der Waals surface area contributed by atoms with E-state index in [0.29, 0.717) is 24.1 Å². The molecule has 1 aromatic rings. The Bertz CT molecular complexity index is 496. The summed E-state index contributed by atoms with van der Waals surface area (Å²) in [4.78, 5) is 24.4. The van der Waals surface area contributed by atoms with Crippen LogP contribution in [0.3, 0.4) is 0 Å². The molecule has 1 aromatic carbocycles. The number of anilines is 1. The van der Waals surface area contributed by atoms with Crippen molar-refractivity contribution in [1.29, 1.82) is 0 Å². The van der Waals surface area contributed by atoms with Gasteiger partial charge in [-0.05, 0) is 25.0 Å². The monoisotopic (exact) mass is 301 g/mol. The summed E-state index contributed by atoms with van der Waals surface area (Å²) in [6, 6.07) is 7.38. The number of amides is 1. The summed E-state index contributed by atoms with van der Waals surface area (Å²) >= 11 is 0. The molecule has 1 N–H and O–H groups in total. The molecule has 0 aliphatic carbocycles. The summed E-state index contributed by atoms with van der Waals surface area (Å²) < 4.78 is 0. The van der Waals surface area contributed by atoms with E-state index in [2.05, 4.69) is 5.32 Å². The van der Waals surface area contributed by atoms with Crippen LogP contribution in [0.25, 0.3) is 0 Å². The van der Waals surface area contributed by atoms with E-state index in [4.69, 9.17) is 0 Å². The molecule has 0 saturated carbocycles. The third-order valence-electron chi connectivity index (χ3n) is 4.31. The summed E-state index contributed by atoms with van der Waals surface area (Å²) in [6.07, 6.45) is 11.5. The Morgan fingerprint density at radius 2 is 1.23 bits per heavy atom. The molecule has 1 aliphatic rings. The summed E-state index contributed by atoms with van der Waals surface area (Å²) in [5.74, 6) is 0.162. The molecular weight excluding hydrogens is 274 g/mol. The number of nitrogens with one attached hydrogen (secondary N) is 1. The van der Waals surface area contributed by atoms with Crippen LogP contribution in [-0.4, -0.2) is 11.7 Å². The average molecular weight is 301 g/mol. The fourth-order valence-electron chi connectivity index (χ4n) is 2.99. The molecular formula is C19H27NO2. The highest BCUT2D eigenvalue weighted by Crippen LogP contribution is 2.20. The SMILES string of the molecule is O=C1CCCCCCCCCCCC(=O)c2ccccc2N1. The number of benzene rings is 1. The van der Waals surface area contributed by atoms with Gasteiger partial charge < -0.3 is 5.32 Å². The Kier molecular flexibility index (Phi) is 7.14. The van der Waals surface area contributed by atoms with E-state index in [1.807, 2.05) is 24.3 Å². The largest absolute Gasteiger partial charge is 0.325 e. The van der Waals surface area contributed by atoms with Crippen molar-refractivity contribution in [2.75, 3.05) is 5.32 Å². The number of fused-ring (bicyclic) bond motifs is 1. The molecule has 2 rings (SSSR count). The van der Waals surface area contributed by atoms with Crippen LogP contribution in [-0.2, 0) is 4.79 Å². The first-order chi connectivity index (χ1) is 10.8. The van der Waals surface area contributed by atoms with Crippen molar-refractivity contribution in [3.63, 3.8) is 0 Å². The van der Waals surface area contributed by atoms with Crippen LogP contribution >= 0.6 is 0 Å². The van der Waals surface area contributed by atoms with Gasteiger partial charge in [0.2, 0.25) is 5.91 Å². The Morgan fingerprint density at radius 3 is 1.91 bits per heavy atom. The van der Waals surface area contributed by atoms with Crippen molar-refractivity contribution >= 4 is 17.4 Å². The first kappa shape index (κ1) is 16.7. The van der Waals surface area contributed by atoms with Gasteiger partial charge in [-0.3, -0.25) is 9.59 Å². The average Bonchev–Trinajstić information content (AvgIpc) is 2.52. The first-order valence-electron chi connectivity index (χ1n) is 8.69. The minimum Gasteiger partial charge on any atom is -0.325 e. The molecule has 1 amide bonds. The first-order valence-corrected chi connectivity index (χ1v) is 8.69. The molecule has 22 heavy (non-hydrogen) atoms. The lowest BCUT2D eigenvalue weighted by atomic mass is 10.0. The minimum atomic E-state index is 0.0207. The normalized spacial score (nSPS) is 19.3. The Hall–Kier alpha value is -1.64. The van der Waals surface area contributed by atoms with E-state index in [1.165, 1.54) is 32.1 Å². The maximum absolute atomic E-state index is 12.4. The number of carbonyl (C=O) groups excluding carboxylic acids is 2. The van der Waals surface area contributed by atoms with Gasteiger partial charge in [0.05, 0.1) is 5.69 Å². The van der Waals surface area contributed by atoms with Crippen LogP contribution in [0.5, 0.6) is 0 Å². The third-order valence-corrected chi connectivity index (χ3v) is 4.31. The number of Topliss-reactive ketones (excluding diaryl/α,β-unsaturated/α-hetero) is 1. The molecule has 0 saturated heterocycles. The van der Waals surface area contributed by atoms with E-state index in [1.54, 1.807) is 0 Å². The summed E-state index contributed by atoms with van der Waals surface area (Å²) in [7, 11) is 0. The predicted molar refractivity (Wildman–Crippen MR) is 90.2 cm³/mol. The van der Waals surface area contributed by atoms with Gasteiger partial charge >= 0.3 is 0 Å². The van der Waals surface area contributed by atoms with Crippen molar-refractivity contribution < 1.29 is 9.59 Å². The van der Waals surface area contributed by atoms with Gasteiger partial charge in [0.1, 0.15) is 0 Å². The topological polar surface area (TPSA) is 46.2 Å². The fourth-order valence-corrected chi connectivity index (χ4v) is 2.99. The van der Waals surface area contributed by atoms with Gasteiger partial charge in [0, 0.05) is 18.4 Å². The molecule has 0 unspecified atom stereocenters. The number of hydrogen-bond donors (Lipinski definition) is 1. The number of para-hydroxylation sites is 1. The van der Waals surface area contributed by atoms with Gasteiger partial charge in [0.15, 0.2) is 5.78 Å². The third kappa shape index (κ3) is 5.63. The van der Waals surface area contributed by atoms with Crippen LogP contribution in [0.15, 0.2) is 24.3 Å². The van der Waals surface area contributed by atoms with Gasteiger partial charge in [-0.2, -0.15) is 0 Å². The maximum atomic E-state index is 12.4. The van der Waals surface area contributed by atoms with Gasteiger partial charge in [0.25, 0.3) is 0 Å². The van der Waals surface area contributed by atoms with Crippen molar-refractivity contribution in [3.05, 3.63) is 29.8 Å². The van der Waals surface area contributed by atoms with Crippen LogP contribution in [0.4, 0.5) is 5.69 Å². The summed E-state index contributed by atoms with van der Waals surface area (Å²) in [6.45, 7) is 0. The highest BCUT2D eigenvalue weighted by Gasteiger charge is 2.13. The molecule has 0 bridgehead atoms. The van der Waals surface area contributed by atoms with E-state index >= 15 is 0 Å². The molecule has 0 fully saturated rings. The van der Waals surface area contributed by atoms with Crippen LogP contribution < -0.4 is 5.32 Å². The van der Waals surface area contributed by atoms with E-state index in [9.17, 15) is 9.59 Å². The lowest BCUT2D eigenvalue weighted by molar-refractivity contribution is -0.116. The molecule has 3 heteroatoms. The molecule has 0 atom stereocenters. The van der Waals surface area contributed by atoms with Gasteiger partial charge in [-0.25, -0.2) is 0 Å². The van der Waals surface area contributed by atoms with Crippen LogP contribution in [0.1, 0.15) is 81.0 Å².